The van der Waals surface area contributed by atoms with Gasteiger partial charge >= 0.3 is 5.69 Å². The van der Waals surface area contributed by atoms with E-state index in [9.17, 15) is 9.59 Å². The van der Waals surface area contributed by atoms with Gasteiger partial charge in [-0.25, -0.2) is 9.80 Å². The summed E-state index contributed by atoms with van der Waals surface area (Å²) in [6.45, 7) is 6.70. The summed E-state index contributed by atoms with van der Waals surface area (Å²) in [7, 11) is 3.15. The number of hydrazone groups is 1. The van der Waals surface area contributed by atoms with Gasteiger partial charge in [0.2, 0.25) is 5.95 Å². The Morgan fingerprint density at radius 3 is 2.46 bits per heavy atom. The molecule has 0 aromatic carbocycles. The van der Waals surface area contributed by atoms with Crippen molar-refractivity contribution in [2.45, 2.75) is 39.2 Å². The summed E-state index contributed by atoms with van der Waals surface area (Å²) >= 11 is 0. The fourth-order valence-electron chi connectivity index (χ4n) is 3.84. The predicted molar refractivity (Wildman–Crippen MR) is 101 cm³/mol. The molecule has 0 radical (unpaired) electrons. The molecule has 1 unspecified atom stereocenters. The molecule has 4 heterocycles. The van der Waals surface area contributed by atoms with E-state index in [0.29, 0.717) is 23.8 Å². The third-order valence-electron chi connectivity index (χ3n) is 5.56. The second-order valence-corrected chi connectivity index (χ2v) is 7.30. The van der Waals surface area contributed by atoms with Crippen molar-refractivity contribution in [2.24, 2.45) is 19.2 Å². The molecule has 2 aliphatic rings. The molecule has 0 aliphatic carbocycles. The van der Waals surface area contributed by atoms with Crippen LogP contribution in [0.4, 0.5) is 5.95 Å². The number of hydrogen-bond donors (Lipinski definition) is 0. The van der Waals surface area contributed by atoms with Crippen LogP contribution in [-0.4, -0.2) is 49.1 Å². The lowest BCUT2D eigenvalue weighted by Crippen LogP contribution is -2.42. The average molecular weight is 359 g/mol. The largest absolute Gasteiger partial charge is 0.332 e. The maximum Gasteiger partial charge on any atom is 0.332 e. The topological polar surface area (TPSA) is 80.7 Å². The van der Waals surface area contributed by atoms with Crippen LogP contribution in [0.25, 0.3) is 11.2 Å². The van der Waals surface area contributed by atoms with Crippen LogP contribution in [0.15, 0.2) is 14.7 Å². The Bertz CT molecular complexity index is 1010. The molecule has 2 aromatic rings. The van der Waals surface area contributed by atoms with Gasteiger partial charge in [-0.3, -0.25) is 23.4 Å². The summed E-state index contributed by atoms with van der Waals surface area (Å²) < 4.78 is 4.49. The summed E-state index contributed by atoms with van der Waals surface area (Å²) in [5, 5.41) is 6.59. The van der Waals surface area contributed by atoms with E-state index in [1.54, 1.807) is 7.05 Å². The highest BCUT2D eigenvalue weighted by Crippen LogP contribution is 2.30. The second-order valence-electron chi connectivity index (χ2n) is 7.30. The van der Waals surface area contributed by atoms with Gasteiger partial charge < -0.3 is 0 Å². The molecule has 26 heavy (non-hydrogen) atoms. The number of anilines is 1. The molecule has 0 saturated carbocycles. The summed E-state index contributed by atoms with van der Waals surface area (Å²) in [6.07, 6.45) is 3.66. The third-order valence-corrected chi connectivity index (χ3v) is 5.56. The molecule has 9 nitrogen and oxygen atoms in total. The van der Waals surface area contributed by atoms with Gasteiger partial charge in [0.1, 0.15) is 0 Å². The van der Waals surface area contributed by atoms with E-state index in [1.165, 1.54) is 30.9 Å². The van der Waals surface area contributed by atoms with Gasteiger partial charge in [0.25, 0.3) is 5.56 Å². The molecule has 140 valence electrons. The van der Waals surface area contributed by atoms with Crippen LogP contribution in [0.1, 0.15) is 39.2 Å². The molecule has 1 fully saturated rings. The van der Waals surface area contributed by atoms with Gasteiger partial charge in [-0.2, -0.15) is 10.1 Å². The maximum absolute atomic E-state index is 12.8. The Morgan fingerprint density at radius 1 is 1.08 bits per heavy atom. The molecule has 1 saturated heterocycles. The Hall–Kier alpha value is -2.42. The molecule has 2 aliphatic heterocycles. The summed E-state index contributed by atoms with van der Waals surface area (Å²) in [5.41, 5.74) is 1.10. The first-order valence-corrected chi connectivity index (χ1v) is 9.13. The van der Waals surface area contributed by atoms with E-state index < -0.39 is 0 Å². The third kappa shape index (κ3) is 2.41. The number of aromatic nitrogens is 4. The molecule has 1 atom stereocenters. The first-order valence-electron chi connectivity index (χ1n) is 9.13. The Labute approximate surface area is 151 Å². The highest BCUT2D eigenvalue weighted by atomic mass is 16.2. The highest BCUT2D eigenvalue weighted by molar-refractivity contribution is 5.90. The van der Waals surface area contributed by atoms with E-state index in [-0.39, 0.29) is 17.3 Å². The van der Waals surface area contributed by atoms with Gasteiger partial charge in [-0.05, 0) is 39.8 Å². The number of piperidine rings is 1. The van der Waals surface area contributed by atoms with Gasteiger partial charge in [-0.1, -0.05) is 6.42 Å². The smallest absolute Gasteiger partial charge is 0.294 e. The number of rotatable bonds is 2. The van der Waals surface area contributed by atoms with E-state index >= 15 is 0 Å². The standard InChI is InChI=1S/C17H25N7O2/c1-11-12(2)24-13-14(20(3)17(26)21(4)15(13)25)18-16(24)23(19-11)10-22-8-6-5-7-9-22/h12H,5-10H2,1-4H3. The number of likely N-dealkylation sites (tertiary alicyclic amines) is 1. The van der Waals surface area contributed by atoms with Crippen molar-refractivity contribution in [2.75, 3.05) is 24.8 Å². The van der Waals surface area contributed by atoms with Crippen LogP contribution in [0.2, 0.25) is 0 Å². The van der Waals surface area contributed by atoms with Gasteiger partial charge in [0.15, 0.2) is 11.2 Å². The molecule has 9 heteroatoms. The summed E-state index contributed by atoms with van der Waals surface area (Å²) in [5.74, 6) is 0.627. The first kappa shape index (κ1) is 17.0. The van der Waals surface area contributed by atoms with E-state index in [1.807, 2.05) is 23.4 Å². The minimum absolute atomic E-state index is 0.0854. The van der Waals surface area contributed by atoms with Crippen LogP contribution in [0, 0.1) is 0 Å². The van der Waals surface area contributed by atoms with Crippen molar-refractivity contribution in [3.63, 3.8) is 0 Å². The molecule has 4 rings (SSSR count). The first-order chi connectivity index (χ1) is 12.4. The Morgan fingerprint density at radius 2 is 1.77 bits per heavy atom. The number of hydrogen-bond acceptors (Lipinski definition) is 6. The zero-order chi connectivity index (χ0) is 18.6. The lowest BCUT2D eigenvalue weighted by atomic mass is 10.1. The normalized spacial score (nSPS) is 21.2. The van der Waals surface area contributed by atoms with Crippen LogP contribution in [-0.2, 0) is 14.1 Å². The number of imidazole rings is 1. The fourth-order valence-corrected chi connectivity index (χ4v) is 3.84. The molecular weight excluding hydrogens is 334 g/mol. The lowest BCUT2D eigenvalue weighted by molar-refractivity contribution is 0.226. The number of fused-ring (bicyclic) bond motifs is 3. The molecule has 0 spiro atoms. The summed E-state index contributed by atoms with van der Waals surface area (Å²) in [6, 6.07) is -0.0854. The number of nitrogens with zero attached hydrogens (tertiary/aromatic N) is 7. The zero-order valence-electron chi connectivity index (χ0n) is 15.8. The SMILES string of the molecule is CC1=NN(CN2CCCCC2)c2nc3c(c(=O)n(C)c(=O)n3C)n2C1C. The Balaban J connectivity index is 1.90. The van der Waals surface area contributed by atoms with Crippen LogP contribution in [0.5, 0.6) is 0 Å². The summed E-state index contributed by atoms with van der Waals surface area (Å²) in [4.78, 5) is 32.1. The van der Waals surface area contributed by atoms with Crippen LogP contribution >= 0.6 is 0 Å². The second kappa shape index (κ2) is 6.08. The lowest BCUT2D eigenvalue weighted by Gasteiger charge is -2.34. The fraction of sp³-hybridized carbons (Fsp3) is 0.647. The minimum Gasteiger partial charge on any atom is -0.294 e. The monoisotopic (exact) mass is 359 g/mol. The molecule has 0 amide bonds. The van der Waals surface area contributed by atoms with Gasteiger partial charge in [-0.15, -0.1) is 0 Å². The molecule has 2 aromatic heterocycles. The molecule has 0 bridgehead atoms. The van der Waals surface area contributed by atoms with Crippen molar-refractivity contribution in [3.05, 3.63) is 20.8 Å². The van der Waals surface area contributed by atoms with E-state index in [4.69, 9.17) is 5.10 Å². The number of aryl methyl sites for hydroxylation is 1. The van der Waals surface area contributed by atoms with E-state index in [2.05, 4.69) is 9.88 Å². The van der Waals surface area contributed by atoms with Crippen molar-refractivity contribution in [1.82, 2.24) is 23.6 Å². The van der Waals surface area contributed by atoms with Gasteiger partial charge in [0, 0.05) is 14.1 Å². The van der Waals surface area contributed by atoms with Crippen molar-refractivity contribution < 1.29 is 0 Å². The van der Waals surface area contributed by atoms with Crippen molar-refractivity contribution in [1.29, 1.82) is 0 Å². The zero-order valence-corrected chi connectivity index (χ0v) is 15.8. The van der Waals surface area contributed by atoms with Crippen LogP contribution < -0.4 is 16.3 Å². The maximum atomic E-state index is 12.8. The van der Waals surface area contributed by atoms with Crippen molar-refractivity contribution >= 4 is 22.8 Å². The van der Waals surface area contributed by atoms with Crippen LogP contribution in [0.3, 0.4) is 0 Å². The van der Waals surface area contributed by atoms with Gasteiger partial charge in [0.05, 0.1) is 18.4 Å². The minimum atomic E-state index is -0.370. The van der Waals surface area contributed by atoms with E-state index in [0.717, 1.165) is 23.4 Å². The molecule has 0 N–H and O–H groups in total. The van der Waals surface area contributed by atoms with Crippen molar-refractivity contribution in [3.8, 4) is 0 Å². The average Bonchev–Trinajstić information content (AvgIpc) is 3.04. The highest BCUT2D eigenvalue weighted by Gasteiger charge is 2.31. The Kier molecular flexibility index (Phi) is 3.98. The molecular formula is C17H25N7O2. The predicted octanol–water partition coefficient (Wildman–Crippen LogP) is 0.634. The quantitative estimate of drug-likeness (QED) is 0.786.